The highest BCUT2D eigenvalue weighted by atomic mass is 35.5. The van der Waals surface area contributed by atoms with Crippen LogP contribution >= 0.6 is 11.6 Å². The molecule has 0 bridgehead atoms. The van der Waals surface area contributed by atoms with E-state index in [-0.39, 0.29) is 5.41 Å². The zero-order valence-electron chi connectivity index (χ0n) is 10.8. The number of rotatable bonds is 3. The van der Waals surface area contributed by atoms with Crippen LogP contribution in [0.2, 0.25) is 5.15 Å². The molecule has 1 unspecified atom stereocenters. The predicted octanol–water partition coefficient (Wildman–Crippen LogP) is 3.60. The molecule has 0 saturated carbocycles. The molecule has 0 spiro atoms. The first kappa shape index (κ1) is 13.5. The monoisotopic (exact) mass is 240 g/mol. The molecule has 0 saturated heterocycles. The molecule has 0 aromatic carbocycles. The van der Waals surface area contributed by atoms with Gasteiger partial charge in [-0.25, -0.2) is 4.98 Å². The van der Waals surface area contributed by atoms with Crippen molar-refractivity contribution >= 4 is 11.6 Å². The molecule has 0 N–H and O–H groups in total. The van der Waals surface area contributed by atoms with Gasteiger partial charge in [0.25, 0.3) is 0 Å². The summed E-state index contributed by atoms with van der Waals surface area (Å²) in [5, 5.41) is 0.564. The molecule has 3 heteroatoms. The van der Waals surface area contributed by atoms with Crippen LogP contribution in [-0.4, -0.2) is 23.0 Å². The summed E-state index contributed by atoms with van der Waals surface area (Å²) in [5.41, 5.74) is 1.49. The molecule has 1 heterocycles. The summed E-state index contributed by atoms with van der Waals surface area (Å²) in [4.78, 5) is 6.33. The minimum absolute atomic E-state index is 0.283. The molecule has 16 heavy (non-hydrogen) atoms. The highest BCUT2D eigenvalue weighted by Crippen LogP contribution is 2.24. The normalized spacial score (nSPS) is 14.2. The third-order valence-electron chi connectivity index (χ3n) is 3.14. The van der Waals surface area contributed by atoms with Crippen molar-refractivity contribution in [2.24, 2.45) is 5.41 Å². The third kappa shape index (κ3) is 3.76. The molecule has 0 aliphatic carbocycles. The Morgan fingerprint density at radius 3 is 2.56 bits per heavy atom. The predicted molar refractivity (Wildman–Crippen MR) is 69.6 cm³/mol. The van der Waals surface area contributed by atoms with Crippen molar-refractivity contribution in [3.05, 3.63) is 29.0 Å². The summed E-state index contributed by atoms with van der Waals surface area (Å²) in [6, 6.07) is 4.45. The summed E-state index contributed by atoms with van der Waals surface area (Å²) >= 11 is 5.87. The van der Waals surface area contributed by atoms with E-state index in [4.69, 9.17) is 11.6 Å². The molecule has 1 rings (SSSR count). The highest BCUT2D eigenvalue weighted by molar-refractivity contribution is 6.29. The van der Waals surface area contributed by atoms with Gasteiger partial charge >= 0.3 is 0 Å². The van der Waals surface area contributed by atoms with Gasteiger partial charge in [-0.05, 0) is 37.1 Å². The largest absolute Gasteiger partial charge is 0.299 e. The fourth-order valence-corrected chi connectivity index (χ4v) is 1.82. The first-order valence-electron chi connectivity index (χ1n) is 5.61. The van der Waals surface area contributed by atoms with Crippen molar-refractivity contribution in [2.45, 2.75) is 40.3 Å². The van der Waals surface area contributed by atoms with E-state index < -0.39 is 0 Å². The molecular formula is C13H21ClN2. The summed E-state index contributed by atoms with van der Waals surface area (Å²) in [5.74, 6) is 0. The van der Waals surface area contributed by atoms with Gasteiger partial charge in [-0.2, -0.15) is 0 Å². The van der Waals surface area contributed by atoms with Gasteiger partial charge in [-0.1, -0.05) is 32.4 Å². The topological polar surface area (TPSA) is 16.1 Å². The fraction of sp³-hybridized carbons (Fsp3) is 0.615. The van der Waals surface area contributed by atoms with Crippen molar-refractivity contribution in [1.29, 1.82) is 0 Å². The molecule has 0 aliphatic heterocycles. The minimum atomic E-state index is 0.283. The Kier molecular flexibility index (Phi) is 4.34. The summed E-state index contributed by atoms with van der Waals surface area (Å²) in [7, 11) is 2.14. The molecule has 1 atom stereocenters. The van der Waals surface area contributed by atoms with E-state index in [1.165, 1.54) is 5.56 Å². The molecule has 0 amide bonds. The van der Waals surface area contributed by atoms with Gasteiger partial charge in [0.15, 0.2) is 0 Å². The van der Waals surface area contributed by atoms with Crippen LogP contribution in [0.3, 0.4) is 0 Å². The lowest BCUT2D eigenvalue weighted by molar-refractivity contribution is 0.134. The van der Waals surface area contributed by atoms with E-state index in [9.17, 15) is 0 Å². The molecule has 1 aromatic heterocycles. The van der Waals surface area contributed by atoms with Crippen LogP contribution in [0.25, 0.3) is 0 Å². The number of nitrogens with zero attached hydrogens (tertiary/aromatic N) is 2. The van der Waals surface area contributed by atoms with Gasteiger partial charge in [-0.3, -0.25) is 4.90 Å². The highest BCUT2D eigenvalue weighted by Gasteiger charge is 2.23. The number of hydrogen-bond acceptors (Lipinski definition) is 2. The lowest BCUT2D eigenvalue weighted by atomic mass is 9.87. The standard InChI is InChI=1S/C13H21ClN2/c1-10(13(2,3)4)16(5)9-11-6-7-15-12(14)8-11/h6-8,10H,9H2,1-5H3. The maximum absolute atomic E-state index is 5.87. The van der Waals surface area contributed by atoms with Gasteiger partial charge in [-0.15, -0.1) is 0 Å². The second kappa shape index (κ2) is 5.15. The number of halogens is 1. The van der Waals surface area contributed by atoms with Crippen molar-refractivity contribution in [1.82, 2.24) is 9.88 Å². The lowest BCUT2D eigenvalue weighted by Gasteiger charge is -2.35. The van der Waals surface area contributed by atoms with E-state index in [1.54, 1.807) is 6.20 Å². The SMILES string of the molecule is CC(N(C)Cc1ccnc(Cl)c1)C(C)(C)C. The quantitative estimate of drug-likeness (QED) is 0.751. The van der Waals surface area contributed by atoms with Crippen LogP contribution < -0.4 is 0 Å². The van der Waals surface area contributed by atoms with Gasteiger partial charge in [0, 0.05) is 18.8 Å². The Labute approximate surface area is 104 Å². The van der Waals surface area contributed by atoms with Gasteiger partial charge < -0.3 is 0 Å². The van der Waals surface area contributed by atoms with Crippen LogP contribution in [0.4, 0.5) is 0 Å². The van der Waals surface area contributed by atoms with Gasteiger partial charge in [0.05, 0.1) is 0 Å². The maximum atomic E-state index is 5.87. The van der Waals surface area contributed by atoms with Crippen molar-refractivity contribution in [3.63, 3.8) is 0 Å². The van der Waals surface area contributed by atoms with Gasteiger partial charge in [0.2, 0.25) is 0 Å². The number of hydrogen-bond donors (Lipinski definition) is 0. The Morgan fingerprint density at radius 2 is 2.06 bits per heavy atom. The molecule has 1 aromatic rings. The molecule has 0 fully saturated rings. The molecular weight excluding hydrogens is 220 g/mol. The minimum Gasteiger partial charge on any atom is -0.299 e. The van der Waals surface area contributed by atoms with E-state index in [0.29, 0.717) is 11.2 Å². The zero-order valence-corrected chi connectivity index (χ0v) is 11.5. The van der Waals surface area contributed by atoms with Crippen LogP contribution in [0, 0.1) is 5.41 Å². The Hall–Kier alpha value is -0.600. The Balaban J connectivity index is 2.68. The summed E-state index contributed by atoms with van der Waals surface area (Å²) in [6.45, 7) is 9.93. The van der Waals surface area contributed by atoms with Crippen molar-refractivity contribution in [3.8, 4) is 0 Å². The second-order valence-corrected chi connectivity index (χ2v) is 5.83. The van der Waals surface area contributed by atoms with Crippen LogP contribution in [0.5, 0.6) is 0 Å². The van der Waals surface area contributed by atoms with Crippen LogP contribution in [-0.2, 0) is 6.54 Å². The average Bonchev–Trinajstić information content (AvgIpc) is 2.15. The summed E-state index contributed by atoms with van der Waals surface area (Å²) < 4.78 is 0. The average molecular weight is 241 g/mol. The van der Waals surface area contributed by atoms with Crippen LogP contribution in [0.15, 0.2) is 18.3 Å². The van der Waals surface area contributed by atoms with E-state index in [0.717, 1.165) is 6.54 Å². The Bertz CT molecular complexity index is 344. The number of pyridine rings is 1. The smallest absolute Gasteiger partial charge is 0.129 e. The molecule has 0 radical (unpaired) electrons. The van der Waals surface area contributed by atoms with E-state index in [2.05, 4.69) is 44.6 Å². The first-order chi connectivity index (χ1) is 7.30. The summed E-state index contributed by atoms with van der Waals surface area (Å²) in [6.07, 6.45) is 1.76. The van der Waals surface area contributed by atoms with Gasteiger partial charge in [0.1, 0.15) is 5.15 Å². The maximum Gasteiger partial charge on any atom is 0.129 e. The van der Waals surface area contributed by atoms with Crippen molar-refractivity contribution in [2.75, 3.05) is 7.05 Å². The molecule has 2 nitrogen and oxygen atoms in total. The van der Waals surface area contributed by atoms with E-state index in [1.807, 2.05) is 12.1 Å². The van der Waals surface area contributed by atoms with Crippen molar-refractivity contribution < 1.29 is 0 Å². The van der Waals surface area contributed by atoms with E-state index >= 15 is 0 Å². The molecule has 90 valence electrons. The first-order valence-corrected chi connectivity index (χ1v) is 5.99. The zero-order chi connectivity index (χ0) is 12.3. The third-order valence-corrected chi connectivity index (χ3v) is 3.34. The molecule has 0 aliphatic rings. The second-order valence-electron chi connectivity index (χ2n) is 5.44. The fourth-order valence-electron chi connectivity index (χ4n) is 1.63. The lowest BCUT2D eigenvalue weighted by Crippen LogP contribution is -2.38. The Morgan fingerprint density at radius 1 is 1.44 bits per heavy atom. The van der Waals surface area contributed by atoms with Crippen LogP contribution in [0.1, 0.15) is 33.3 Å². The number of aromatic nitrogens is 1.